The molecule has 0 aromatic carbocycles. The molecule has 0 radical (unpaired) electrons. The predicted molar refractivity (Wildman–Crippen MR) is 77.2 cm³/mol. The topological polar surface area (TPSA) is 56.1 Å². The van der Waals surface area contributed by atoms with Gasteiger partial charge in [0.25, 0.3) is 0 Å². The number of aryl methyl sites for hydroxylation is 1. The van der Waals surface area contributed by atoms with E-state index in [9.17, 15) is 4.79 Å². The van der Waals surface area contributed by atoms with Crippen molar-refractivity contribution in [2.75, 3.05) is 13.2 Å². The van der Waals surface area contributed by atoms with Crippen molar-refractivity contribution in [1.29, 1.82) is 0 Å². The molecule has 1 aromatic rings. The van der Waals surface area contributed by atoms with Crippen molar-refractivity contribution in [3.63, 3.8) is 0 Å². The number of carbonyl (C=O) groups is 1. The summed E-state index contributed by atoms with van der Waals surface area (Å²) >= 11 is 0. The van der Waals surface area contributed by atoms with Crippen molar-refractivity contribution in [1.82, 2.24) is 15.1 Å². The molecule has 1 saturated heterocycles. The molecule has 0 unspecified atom stereocenters. The van der Waals surface area contributed by atoms with Gasteiger partial charge in [0, 0.05) is 38.5 Å². The normalized spacial score (nSPS) is 23.0. The largest absolute Gasteiger partial charge is 0.377 e. The summed E-state index contributed by atoms with van der Waals surface area (Å²) in [6.07, 6.45) is 4.55. The van der Waals surface area contributed by atoms with Gasteiger partial charge in [-0.1, -0.05) is 13.8 Å². The minimum atomic E-state index is -0.00436. The van der Waals surface area contributed by atoms with Crippen LogP contribution in [0.4, 0.5) is 0 Å². The van der Waals surface area contributed by atoms with Crippen LogP contribution < -0.4 is 5.32 Å². The molecule has 112 valence electrons. The number of amides is 1. The van der Waals surface area contributed by atoms with Gasteiger partial charge in [-0.25, -0.2) is 0 Å². The van der Waals surface area contributed by atoms with Crippen LogP contribution in [0, 0.1) is 11.8 Å². The molecule has 1 aromatic heterocycles. The monoisotopic (exact) mass is 279 g/mol. The summed E-state index contributed by atoms with van der Waals surface area (Å²) in [5, 5.41) is 7.17. The Morgan fingerprint density at radius 2 is 2.40 bits per heavy atom. The highest BCUT2D eigenvalue weighted by Crippen LogP contribution is 2.26. The molecule has 20 heavy (non-hydrogen) atoms. The van der Waals surface area contributed by atoms with Crippen LogP contribution in [0.15, 0.2) is 12.3 Å². The molecule has 0 spiro atoms. The van der Waals surface area contributed by atoms with Gasteiger partial charge >= 0.3 is 0 Å². The van der Waals surface area contributed by atoms with Gasteiger partial charge in [-0.15, -0.1) is 0 Å². The summed E-state index contributed by atoms with van der Waals surface area (Å²) in [6.45, 7) is 5.67. The molecule has 1 aliphatic rings. The van der Waals surface area contributed by atoms with E-state index in [0.717, 1.165) is 31.6 Å². The quantitative estimate of drug-likeness (QED) is 0.889. The Morgan fingerprint density at radius 1 is 1.60 bits per heavy atom. The van der Waals surface area contributed by atoms with Crippen LogP contribution in [-0.2, 0) is 23.0 Å². The number of ether oxygens (including phenoxy) is 1. The fourth-order valence-electron chi connectivity index (χ4n) is 2.83. The lowest BCUT2D eigenvalue weighted by Crippen LogP contribution is -2.44. The number of hydrogen-bond donors (Lipinski definition) is 1. The molecule has 1 aliphatic heterocycles. The molecule has 0 aliphatic carbocycles. The van der Waals surface area contributed by atoms with E-state index in [-0.39, 0.29) is 17.9 Å². The predicted octanol–water partition coefficient (Wildman–Crippen LogP) is 1.53. The molecular formula is C15H25N3O2. The second kappa shape index (κ2) is 6.88. The van der Waals surface area contributed by atoms with Gasteiger partial charge in [-0.2, -0.15) is 5.10 Å². The van der Waals surface area contributed by atoms with Gasteiger partial charge in [0.1, 0.15) is 0 Å². The average molecular weight is 279 g/mol. The van der Waals surface area contributed by atoms with Crippen molar-refractivity contribution in [3.8, 4) is 0 Å². The zero-order valence-corrected chi connectivity index (χ0v) is 12.6. The van der Waals surface area contributed by atoms with E-state index in [1.807, 2.05) is 17.8 Å². The molecule has 1 amide bonds. The van der Waals surface area contributed by atoms with Crippen molar-refractivity contribution in [2.24, 2.45) is 18.9 Å². The molecule has 5 heteroatoms. The lowest BCUT2D eigenvalue weighted by Gasteiger charge is -2.33. The number of rotatable bonds is 5. The van der Waals surface area contributed by atoms with Crippen LogP contribution in [0.1, 0.15) is 32.4 Å². The maximum Gasteiger partial charge on any atom is 0.225 e. The highest BCUT2D eigenvalue weighted by Gasteiger charge is 2.33. The first kappa shape index (κ1) is 15.0. The summed E-state index contributed by atoms with van der Waals surface area (Å²) in [7, 11) is 1.92. The highest BCUT2D eigenvalue weighted by atomic mass is 16.5. The van der Waals surface area contributed by atoms with E-state index in [1.54, 1.807) is 6.20 Å². The molecule has 1 N–H and O–H groups in total. The highest BCUT2D eigenvalue weighted by molar-refractivity contribution is 5.79. The molecule has 2 atom stereocenters. The number of nitrogens with one attached hydrogen (secondary N) is 1. The Labute approximate surface area is 120 Å². The van der Waals surface area contributed by atoms with Gasteiger partial charge in [0.2, 0.25) is 5.91 Å². The van der Waals surface area contributed by atoms with Crippen LogP contribution in [-0.4, -0.2) is 34.9 Å². The van der Waals surface area contributed by atoms with Crippen LogP contribution in [0.2, 0.25) is 0 Å². The summed E-state index contributed by atoms with van der Waals surface area (Å²) in [4.78, 5) is 12.3. The van der Waals surface area contributed by atoms with E-state index in [0.29, 0.717) is 12.5 Å². The first-order chi connectivity index (χ1) is 9.59. The Hall–Kier alpha value is -1.36. The van der Waals surface area contributed by atoms with Crippen LogP contribution in [0.3, 0.4) is 0 Å². The van der Waals surface area contributed by atoms with E-state index >= 15 is 0 Å². The second-order valence-corrected chi connectivity index (χ2v) is 5.82. The van der Waals surface area contributed by atoms with Crippen LogP contribution >= 0.6 is 0 Å². The van der Waals surface area contributed by atoms with Gasteiger partial charge in [-0.05, 0) is 24.8 Å². The fraction of sp³-hybridized carbons (Fsp3) is 0.733. The first-order valence-electron chi connectivity index (χ1n) is 7.45. The van der Waals surface area contributed by atoms with Gasteiger partial charge in [0.05, 0.1) is 12.0 Å². The second-order valence-electron chi connectivity index (χ2n) is 5.82. The van der Waals surface area contributed by atoms with E-state index in [2.05, 4.69) is 24.3 Å². The van der Waals surface area contributed by atoms with Gasteiger partial charge in [0.15, 0.2) is 0 Å². The maximum absolute atomic E-state index is 12.3. The number of nitrogens with zero attached hydrogens (tertiary/aromatic N) is 2. The lowest BCUT2D eigenvalue weighted by atomic mass is 9.87. The molecule has 0 saturated carbocycles. The number of hydrogen-bond acceptors (Lipinski definition) is 3. The summed E-state index contributed by atoms with van der Waals surface area (Å²) in [5.41, 5.74) is 1.13. The Kier molecular flexibility index (Phi) is 5.17. The maximum atomic E-state index is 12.3. The van der Waals surface area contributed by atoms with Crippen molar-refractivity contribution in [2.45, 2.75) is 39.2 Å². The third-order valence-electron chi connectivity index (χ3n) is 3.96. The molecule has 0 bridgehead atoms. The van der Waals surface area contributed by atoms with E-state index in [1.165, 1.54) is 0 Å². The SMILES string of the molecule is CC(C)[C@H]1OCCC[C@@H]1C(=O)NCCc1ccnn1C. The zero-order chi connectivity index (χ0) is 14.5. The fourth-order valence-corrected chi connectivity index (χ4v) is 2.83. The van der Waals surface area contributed by atoms with Crippen LogP contribution in [0.5, 0.6) is 0 Å². The molecule has 2 rings (SSSR count). The van der Waals surface area contributed by atoms with Gasteiger partial charge < -0.3 is 10.1 Å². The molecular weight excluding hydrogens is 254 g/mol. The smallest absolute Gasteiger partial charge is 0.225 e. The lowest BCUT2D eigenvalue weighted by molar-refractivity contribution is -0.137. The molecule has 1 fully saturated rings. The van der Waals surface area contributed by atoms with Gasteiger partial charge in [-0.3, -0.25) is 9.48 Å². The molecule has 2 heterocycles. The van der Waals surface area contributed by atoms with E-state index in [4.69, 9.17) is 4.74 Å². The van der Waals surface area contributed by atoms with Crippen LogP contribution in [0.25, 0.3) is 0 Å². The Balaban J connectivity index is 1.83. The summed E-state index contributed by atoms with van der Waals surface area (Å²) in [6, 6.07) is 1.98. The van der Waals surface area contributed by atoms with Crippen molar-refractivity contribution < 1.29 is 9.53 Å². The standard InChI is InChI=1S/C15H25N3O2/c1-11(2)14-13(5-4-10-20-14)15(19)16-8-6-12-7-9-17-18(12)3/h7,9,11,13-14H,4-6,8,10H2,1-3H3,(H,16,19)/t13-,14+/m0/s1. The minimum absolute atomic E-state index is 0.00436. The zero-order valence-electron chi connectivity index (χ0n) is 12.6. The van der Waals surface area contributed by atoms with E-state index < -0.39 is 0 Å². The third kappa shape index (κ3) is 3.60. The number of aromatic nitrogens is 2. The Bertz CT molecular complexity index is 442. The Morgan fingerprint density at radius 3 is 3.05 bits per heavy atom. The first-order valence-corrected chi connectivity index (χ1v) is 7.45. The summed E-state index contributed by atoms with van der Waals surface area (Å²) in [5.74, 6) is 0.504. The third-order valence-corrected chi connectivity index (χ3v) is 3.96. The van der Waals surface area contributed by atoms with Crippen molar-refractivity contribution in [3.05, 3.63) is 18.0 Å². The average Bonchev–Trinajstić information content (AvgIpc) is 2.84. The number of carbonyl (C=O) groups excluding carboxylic acids is 1. The minimum Gasteiger partial charge on any atom is -0.377 e. The van der Waals surface area contributed by atoms with Crippen molar-refractivity contribution >= 4 is 5.91 Å². The molecule has 5 nitrogen and oxygen atoms in total. The summed E-state index contributed by atoms with van der Waals surface area (Å²) < 4.78 is 7.61.